The molecular formula is C6H15O15P3. The lowest BCUT2D eigenvalue weighted by Gasteiger charge is -2.41. The van der Waals surface area contributed by atoms with E-state index in [1.165, 1.54) is 0 Å². The molecule has 0 aromatic rings. The first-order chi connectivity index (χ1) is 10.6. The summed E-state index contributed by atoms with van der Waals surface area (Å²) in [6.45, 7) is 0. The largest absolute Gasteiger partial charge is 0.490 e. The van der Waals surface area contributed by atoms with Crippen molar-refractivity contribution in [3.05, 3.63) is 0 Å². The molecule has 0 radical (unpaired) electrons. The van der Waals surface area contributed by atoms with E-state index < -0.39 is 60.1 Å². The van der Waals surface area contributed by atoms with Crippen LogP contribution in [0.5, 0.6) is 0 Å². The van der Waals surface area contributed by atoms with Gasteiger partial charge in [-0.15, -0.1) is 0 Å². The van der Waals surface area contributed by atoms with Gasteiger partial charge in [0.25, 0.3) is 0 Å². The van der Waals surface area contributed by atoms with Crippen LogP contribution in [0.15, 0.2) is 0 Å². The molecular weight excluding hydrogens is 405 g/mol. The zero-order valence-electron chi connectivity index (χ0n) is 11.3. The molecule has 9 N–H and O–H groups in total. The number of hydrogen-bond donors (Lipinski definition) is 9. The topological polar surface area (TPSA) is 261 Å². The molecule has 0 aliphatic heterocycles. The van der Waals surface area contributed by atoms with Gasteiger partial charge in [-0.2, -0.15) is 8.62 Å². The predicted molar refractivity (Wildman–Crippen MR) is 68.8 cm³/mol. The fraction of sp³-hybridized carbons (Fsp3) is 1.00. The zero-order valence-corrected chi connectivity index (χ0v) is 14.0. The van der Waals surface area contributed by atoms with Crippen LogP contribution in [0.2, 0.25) is 0 Å². The number of aliphatic hydroxyl groups is 5. The van der Waals surface area contributed by atoms with Crippen molar-refractivity contribution in [1.29, 1.82) is 0 Å². The van der Waals surface area contributed by atoms with Crippen LogP contribution >= 0.6 is 23.5 Å². The van der Waals surface area contributed by atoms with Gasteiger partial charge >= 0.3 is 23.5 Å². The van der Waals surface area contributed by atoms with E-state index in [0.717, 1.165) is 0 Å². The lowest BCUT2D eigenvalue weighted by atomic mass is 9.85. The van der Waals surface area contributed by atoms with Gasteiger partial charge in [-0.05, 0) is 0 Å². The van der Waals surface area contributed by atoms with Crippen molar-refractivity contribution in [3.8, 4) is 0 Å². The monoisotopic (exact) mass is 420 g/mol. The Morgan fingerprint density at radius 2 is 0.958 bits per heavy atom. The van der Waals surface area contributed by atoms with E-state index in [1.54, 1.807) is 0 Å². The van der Waals surface area contributed by atoms with Crippen molar-refractivity contribution in [3.63, 3.8) is 0 Å². The fourth-order valence-corrected chi connectivity index (χ4v) is 4.99. The molecule has 0 aromatic heterocycles. The van der Waals surface area contributed by atoms with Gasteiger partial charge in [-0.1, -0.05) is 0 Å². The van der Waals surface area contributed by atoms with Gasteiger partial charge in [0.05, 0.1) is 0 Å². The van der Waals surface area contributed by atoms with E-state index in [4.69, 9.17) is 14.7 Å². The second-order valence-corrected chi connectivity index (χ2v) is 8.99. The highest BCUT2D eigenvalue weighted by Crippen LogP contribution is 2.66. The number of hydrogen-bond acceptors (Lipinski definition) is 11. The minimum absolute atomic E-state index is 2.05. The molecule has 8 atom stereocenters. The van der Waals surface area contributed by atoms with Gasteiger partial charge in [-0.25, -0.2) is 13.7 Å². The third-order valence-corrected chi connectivity index (χ3v) is 6.58. The normalized spacial score (nSPS) is 39.9. The highest BCUT2D eigenvalue weighted by Gasteiger charge is 2.52. The van der Waals surface area contributed by atoms with E-state index in [0.29, 0.717) is 0 Å². The average Bonchev–Trinajstić information content (AvgIpc) is 2.35. The van der Waals surface area contributed by atoms with Crippen LogP contribution in [0.4, 0.5) is 0 Å². The van der Waals surface area contributed by atoms with Gasteiger partial charge in [0.15, 0.2) is 0 Å². The third kappa shape index (κ3) is 5.88. The Kier molecular flexibility index (Phi) is 6.90. The average molecular weight is 420 g/mol. The van der Waals surface area contributed by atoms with Crippen molar-refractivity contribution in [2.75, 3.05) is 0 Å². The summed E-state index contributed by atoms with van der Waals surface area (Å²) in [5, 5.41) is 47.2. The number of phosphoric ester groups is 1. The van der Waals surface area contributed by atoms with Crippen molar-refractivity contribution in [1.82, 2.24) is 0 Å². The van der Waals surface area contributed by atoms with Crippen LogP contribution in [-0.4, -0.2) is 81.7 Å². The molecule has 1 aliphatic carbocycles. The van der Waals surface area contributed by atoms with Crippen LogP contribution in [0.3, 0.4) is 0 Å². The molecule has 0 bridgehead atoms. The Balaban J connectivity index is 2.91. The van der Waals surface area contributed by atoms with E-state index in [1.807, 2.05) is 0 Å². The first kappa shape index (κ1) is 22.3. The minimum Gasteiger partial charge on any atom is -0.387 e. The summed E-state index contributed by atoms with van der Waals surface area (Å²) < 4.78 is 44.1. The molecule has 0 spiro atoms. The Morgan fingerprint density at radius 1 is 0.583 bits per heavy atom. The van der Waals surface area contributed by atoms with E-state index in [9.17, 15) is 44.1 Å². The zero-order chi connectivity index (χ0) is 19.1. The molecule has 144 valence electrons. The Morgan fingerprint density at radius 3 is 1.33 bits per heavy atom. The van der Waals surface area contributed by atoms with Crippen LogP contribution in [0.25, 0.3) is 0 Å². The fourth-order valence-electron chi connectivity index (χ4n) is 1.77. The SMILES string of the molecule is O=P(O)(O)OP(=O)(O)OP(=O)(O)O[C@@H]1[C@H](O)[C@@H](O)[C@@H](O)[C@@H](O)[C@@H]1O. The molecule has 18 heteroatoms. The molecule has 0 aromatic carbocycles. The summed E-state index contributed by atoms with van der Waals surface area (Å²) in [5.74, 6) is 0. The summed E-state index contributed by atoms with van der Waals surface area (Å²) in [6, 6.07) is 0. The van der Waals surface area contributed by atoms with Crippen LogP contribution in [0, 0.1) is 0 Å². The van der Waals surface area contributed by atoms with Gasteiger partial charge in [0.1, 0.15) is 36.6 Å². The lowest BCUT2D eigenvalue weighted by Crippen LogP contribution is -2.64. The summed E-state index contributed by atoms with van der Waals surface area (Å²) in [6.07, 6.45) is -13.1. The summed E-state index contributed by atoms with van der Waals surface area (Å²) in [7, 11) is -17.2. The van der Waals surface area contributed by atoms with Crippen LogP contribution < -0.4 is 0 Å². The van der Waals surface area contributed by atoms with Gasteiger partial charge in [0.2, 0.25) is 0 Å². The smallest absolute Gasteiger partial charge is 0.387 e. The molecule has 1 rings (SSSR count). The summed E-state index contributed by atoms with van der Waals surface area (Å²) in [4.78, 5) is 34.9. The highest BCUT2D eigenvalue weighted by molar-refractivity contribution is 7.66. The second kappa shape index (κ2) is 7.45. The van der Waals surface area contributed by atoms with E-state index >= 15 is 0 Å². The number of phosphoric acid groups is 3. The number of aliphatic hydroxyl groups excluding tert-OH is 5. The molecule has 0 saturated heterocycles. The first-order valence-corrected chi connectivity index (χ1v) is 10.3. The molecule has 0 amide bonds. The number of rotatable bonds is 6. The molecule has 24 heavy (non-hydrogen) atoms. The lowest BCUT2D eigenvalue weighted by molar-refractivity contribution is -0.219. The molecule has 0 heterocycles. The maximum Gasteiger partial charge on any atom is 0.490 e. The highest BCUT2D eigenvalue weighted by atomic mass is 31.3. The molecule has 2 unspecified atom stereocenters. The predicted octanol–water partition coefficient (Wildman–Crippen LogP) is -3.48. The van der Waals surface area contributed by atoms with Gasteiger partial charge in [-0.3, -0.25) is 4.52 Å². The third-order valence-electron chi connectivity index (χ3n) is 2.74. The van der Waals surface area contributed by atoms with Crippen molar-refractivity contribution in [2.45, 2.75) is 36.6 Å². The van der Waals surface area contributed by atoms with E-state index in [2.05, 4.69) is 13.1 Å². The quantitative estimate of drug-likeness (QED) is 0.189. The van der Waals surface area contributed by atoms with E-state index in [-0.39, 0.29) is 0 Å². The minimum atomic E-state index is -5.82. The molecule has 1 saturated carbocycles. The van der Waals surface area contributed by atoms with Gasteiger partial charge in [0, 0.05) is 0 Å². The Hall–Kier alpha value is 0.210. The van der Waals surface area contributed by atoms with Gasteiger partial charge < -0.3 is 45.1 Å². The summed E-state index contributed by atoms with van der Waals surface area (Å²) in [5.41, 5.74) is 0. The van der Waals surface area contributed by atoms with Crippen molar-refractivity contribution in [2.24, 2.45) is 0 Å². The maximum atomic E-state index is 11.6. The van der Waals surface area contributed by atoms with Crippen molar-refractivity contribution < 1.29 is 71.9 Å². The second-order valence-electron chi connectivity index (χ2n) is 4.61. The van der Waals surface area contributed by atoms with Crippen molar-refractivity contribution >= 4 is 23.5 Å². The first-order valence-electron chi connectivity index (χ1n) is 5.79. The maximum absolute atomic E-state index is 11.6. The standard InChI is InChI=1S/C6H15O15P3/c7-1-2(8)4(10)6(5(11)3(1)9)19-23(15,16)21-24(17,18)20-22(12,13)14/h1-11H,(H,15,16)(H,17,18)(H2,12,13,14)/t1-,2+,3-,4-,5+,6-. The molecule has 1 fully saturated rings. The summed E-state index contributed by atoms with van der Waals surface area (Å²) >= 11 is 0. The molecule has 15 nitrogen and oxygen atoms in total. The van der Waals surface area contributed by atoms with Crippen LogP contribution in [-0.2, 0) is 26.8 Å². The van der Waals surface area contributed by atoms with Crippen LogP contribution in [0.1, 0.15) is 0 Å². The Bertz CT molecular complexity index is 570. The Labute approximate surface area is 133 Å². The molecule has 1 aliphatic rings.